The van der Waals surface area contributed by atoms with Crippen LogP contribution in [0.5, 0.6) is 0 Å². The number of carbonyl (C=O) groups is 2. The van der Waals surface area contributed by atoms with E-state index in [1.807, 2.05) is 24.3 Å². The first kappa shape index (κ1) is 12.2. The number of carboxylic acid groups (broad SMARTS) is 1. The highest BCUT2D eigenvalue weighted by Crippen LogP contribution is 2.24. The number of hydrogen-bond acceptors (Lipinski definition) is 3. The Morgan fingerprint density at radius 3 is 2.78 bits per heavy atom. The van der Waals surface area contributed by atoms with E-state index in [4.69, 9.17) is 0 Å². The molecule has 0 bridgehead atoms. The van der Waals surface area contributed by atoms with Crippen molar-refractivity contribution in [2.75, 3.05) is 6.54 Å². The van der Waals surface area contributed by atoms with Gasteiger partial charge in [0.2, 0.25) is 5.91 Å². The molecule has 2 aromatic rings. The second-order valence-electron chi connectivity index (χ2n) is 4.10. The number of H-pyrrole nitrogens is 1. The summed E-state index contributed by atoms with van der Waals surface area (Å²) in [5.74, 6) is -2.32. The lowest BCUT2D eigenvalue weighted by Crippen LogP contribution is -2.37. The molecule has 1 atom stereocenters. The lowest BCUT2D eigenvalue weighted by molar-refractivity contribution is -0.307. The first-order valence-electron chi connectivity index (χ1n) is 5.61. The monoisotopic (exact) mass is 245 g/mol. The van der Waals surface area contributed by atoms with Crippen LogP contribution in [0.4, 0.5) is 0 Å². The normalized spacial score (nSPS) is 12.3. The molecule has 1 amide bonds. The maximum Gasteiger partial charge on any atom is 0.216 e. The van der Waals surface area contributed by atoms with Gasteiger partial charge in [0, 0.05) is 36.5 Å². The molecule has 5 nitrogen and oxygen atoms in total. The Morgan fingerprint density at radius 2 is 2.11 bits per heavy atom. The van der Waals surface area contributed by atoms with Crippen molar-refractivity contribution in [3.05, 3.63) is 36.0 Å². The van der Waals surface area contributed by atoms with E-state index in [0.29, 0.717) is 5.56 Å². The average molecular weight is 245 g/mol. The van der Waals surface area contributed by atoms with Crippen molar-refractivity contribution in [1.29, 1.82) is 0 Å². The first-order chi connectivity index (χ1) is 8.59. The zero-order valence-electron chi connectivity index (χ0n) is 9.90. The average Bonchev–Trinajstić information content (AvgIpc) is 2.73. The summed E-state index contributed by atoms with van der Waals surface area (Å²) in [7, 11) is 0. The van der Waals surface area contributed by atoms with Gasteiger partial charge in [-0.15, -0.1) is 0 Å². The number of fused-ring (bicyclic) bond motifs is 1. The minimum Gasteiger partial charge on any atom is -0.549 e. The summed E-state index contributed by atoms with van der Waals surface area (Å²) in [6, 6.07) is 7.41. The van der Waals surface area contributed by atoms with Gasteiger partial charge in [0.05, 0.1) is 5.97 Å². The van der Waals surface area contributed by atoms with Gasteiger partial charge in [-0.2, -0.15) is 0 Å². The fourth-order valence-corrected chi connectivity index (χ4v) is 1.95. The number of aromatic nitrogens is 1. The lowest BCUT2D eigenvalue weighted by atomic mass is 9.98. The van der Waals surface area contributed by atoms with Crippen molar-refractivity contribution >= 4 is 22.8 Å². The van der Waals surface area contributed by atoms with E-state index in [1.165, 1.54) is 6.92 Å². The SMILES string of the molecule is CC(=O)NC[C@H](C(=O)[O-])c1c[nH]c2ccccc12. The minimum atomic E-state index is -1.20. The molecule has 1 aromatic carbocycles. The highest BCUT2D eigenvalue weighted by Gasteiger charge is 2.17. The number of carboxylic acids is 1. The number of aliphatic carboxylic acids is 1. The predicted octanol–water partition coefficient (Wildman–Crippen LogP) is 0.138. The van der Waals surface area contributed by atoms with Gasteiger partial charge in [-0.3, -0.25) is 4.79 Å². The maximum absolute atomic E-state index is 11.2. The number of nitrogens with one attached hydrogen (secondary N) is 2. The number of rotatable bonds is 4. The fraction of sp³-hybridized carbons (Fsp3) is 0.231. The van der Waals surface area contributed by atoms with Crippen molar-refractivity contribution in [1.82, 2.24) is 10.3 Å². The fourth-order valence-electron chi connectivity index (χ4n) is 1.95. The third kappa shape index (κ3) is 2.34. The second kappa shape index (κ2) is 4.91. The number of aromatic amines is 1. The molecule has 0 saturated carbocycles. The van der Waals surface area contributed by atoms with Crippen molar-refractivity contribution in [2.45, 2.75) is 12.8 Å². The molecule has 1 aromatic heterocycles. The predicted molar refractivity (Wildman–Crippen MR) is 64.7 cm³/mol. The Bertz CT molecular complexity index is 589. The maximum atomic E-state index is 11.2. The van der Waals surface area contributed by atoms with Crippen LogP contribution in [0.3, 0.4) is 0 Å². The lowest BCUT2D eigenvalue weighted by Gasteiger charge is -2.17. The van der Waals surface area contributed by atoms with Gasteiger partial charge in [-0.1, -0.05) is 18.2 Å². The van der Waals surface area contributed by atoms with Gasteiger partial charge in [-0.25, -0.2) is 0 Å². The Labute approximate surface area is 104 Å². The molecule has 2 N–H and O–H groups in total. The van der Waals surface area contributed by atoms with Crippen LogP contribution in [-0.4, -0.2) is 23.4 Å². The van der Waals surface area contributed by atoms with Gasteiger partial charge >= 0.3 is 0 Å². The number of para-hydroxylation sites is 1. The zero-order valence-corrected chi connectivity index (χ0v) is 9.90. The highest BCUT2D eigenvalue weighted by atomic mass is 16.4. The number of hydrogen-bond donors (Lipinski definition) is 2. The molecular weight excluding hydrogens is 232 g/mol. The molecule has 0 spiro atoms. The summed E-state index contributed by atoms with van der Waals surface area (Å²) >= 11 is 0. The zero-order chi connectivity index (χ0) is 13.1. The molecule has 0 fully saturated rings. The van der Waals surface area contributed by atoms with Crippen molar-refractivity contribution < 1.29 is 14.7 Å². The quantitative estimate of drug-likeness (QED) is 0.803. The first-order valence-corrected chi connectivity index (χ1v) is 5.61. The largest absolute Gasteiger partial charge is 0.549 e. The molecule has 0 radical (unpaired) electrons. The van der Waals surface area contributed by atoms with Crippen LogP contribution >= 0.6 is 0 Å². The van der Waals surface area contributed by atoms with Crippen molar-refractivity contribution in [2.24, 2.45) is 0 Å². The number of carbonyl (C=O) groups excluding carboxylic acids is 2. The Balaban J connectivity index is 2.36. The van der Waals surface area contributed by atoms with Gasteiger partial charge in [0.1, 0.15) is 0 Å². The van der Waals surface area contributed by atoms with Crippen LogP contribution in [0.1, 0.15) is 18.4 Å². The molecule has 0 unspecified atom stereocenters. The minimum absolute atomic E-state index is 0.0273. The Kier molecular flexibility index (Phi) is 3.32. The van der Waals surface area contributed by atoms with Crippen LogP contribution in [0.25, 0.3) is 10.9 Å². The Morgan fingerprint density at radius 1 is 1.39 bits per heavy atom. The molecular formula is C13H13N2O3-. The highest BCUT2D eigenvalue weighted by molar-refractivity contribution is 5.89. The summed E-state index contributed by atoms with van der Waals surface area (Å²) in [5, 5.41) is 14.5. The molecule has 5 heteroatoms. The third-order valence-corrected chi connectivity index (χ3v) is 2.84. The second-order valence-corrected chi connectivity index (χ2v) is 4.10. The van der Waals surface area contributed by atoms with E-state index >= 15 is 0 Å². The third-order valence-electron chi connectivity index (χ3n) is 2.84. The number of benzene rings is 1. The molecule has 0 aliphatic rings. The summed E-state index contributed by atoms with van der Waals surface area (Å²) in [4.78, 5) is 25.1. The van der Waals surface area contributed by atoms with E-state index in [1.54, 1.807) is 6.20 Å². The van der Waals surface area contributed by atoms with E-state index in [2.05, 4.69) is 10.3 Å². The van der Waals surface area contributed by atoms with Crippen LogP contribution in [0.2, 0.25) is 0 Å². The van der Waals surface area contributed by atoms with Crippen LogP contribution in [0, 0.1) is 0 Å². The molecule has 2 rings (SSSR count). The van der Waals surface area contributed by atoms with Crippen molar-refractivity contribution in [3.8, 4) is 0 Å². The summed E-state index contributed by atoms with van der Waals surface area (Å²) in [5.41, 5.74) is 1.49. The molecule has 94 valence electrons. The summed E-state index contributed by atoms with van der Waals surface area (Å²) in [6.07, 6.45) is 1.65. The van der Waals surface area contributed by atoms with Gasteiger partial charge < -0.3 is 20.2 Å². The van der Waals surface area contributed by atoms with Crippen LogP contribution in [0.15, 0.2) is 30.5 Å². The standard InChI is InChI=1S/C13H14N2O3/c1-8(16)14-7-11(13(17)18)10-6-15-12-5-3-2-4-9(10)12/h2-6,11,15H,7H2,1H3,(H,14,16)(H,17,18)/p-1/t11-/m0/s1. The van der Waals surface area contributed by atoms with E-state index in [0.717, 1.165) is 10.9 Å². The Hall–Kier alpha value is -2.30. The molecule has 1 heterocycles. The number of amides is 1. The summed E-state index contributed by atoms with van der Waals surface area (Å²) < 4.78 is 0. The van der Waals surface area contributed by atoms with Gasteiger partial charge in [0.15, 0.2) is 0 Å². The van der Waals surface area contributed by atoms with Gasteiger partial charge in [0.25, 0.3) is 0 Å². The topological polar surface area (TPSA) is 85.0 Å². The van der Waals surface area contributed by atoms with E-state index in [9.17, 15) is 14.7 Å². The molecule has 0 aliphatic carbocycles. The van der Waals surface area contributed by atoms with Crippen molar-refractivity contribution in [3.63, 3.8) is 0 Å². The van der Waals surface area contributed by atoms with Crippen LogP contribution < -0.4 is 10.4 Å². The molecule has 18 heavy (non-hydrogen) atoms. The molecule has 0 saturated heterocycles. The molecule has 0 aliphatic heterocycles. The van der Waals surface area contributed by atoms with Crippen LogP contribution in [-0.2, 0) is 9.59 Å². The van der Waals surface area contributed by atoms with E-state index < -0.39 is 11.9 Å². The van der Waals surface area contributed by atoms with E-state index in [-0.39, 0.29) is 12.5 Å². The summed E-state index contributed by atoms with van der Waals surface area (Å²) in [6.45, 7) is 1.38. The smallest absolute Gasteiger partial charge is 0.216 e. The van der Waals surface area contributed by atoms with Gasteiger partial charge in [-0.05, 0) is 11.6 Å².